The van der Waals surface area contributed by atoms with Crippen molar-refractivity contribution < 1.29 is 0 Å². The van der Waals surface area contributed by atoms with E-state index in [4.69, 9.17) is 5.73 Å². The average Bonchev–Trinajstić information content (AvgIpc) is 1.83. The number of likely N-dealkylation sites (N-methyl/N-ethyl adjacent to an activating group) is 1. The molecule has 0 unspecified atom stereocenters. The Morgan fingerprint density at radius 1 is 1.56 bits per heavy atom. The molecule has 0 saturated carbocycles. The van der Waals surface area contributed by atoms with E-state index in [-0.39, 0.29) is 0 Å². The molecule has 2 N–H and O–H groups in total. The molecule has 0 aromatic heterocycles. The molecule has 2 atom stereocenters. The van der Waals surface area contributed by atoms with E-state index in [9.17, 15) is 0 Å². The molecule has 1 heterocycles. The van der Waals surface area contributed by atoms with Gasteiger partial charge in [-0.25, -0.2) is 0 Å². The highest BCUT2D eigenvalue weighted by Crippen LogP contribution is 2.12. The van der Waals surface area contributed by atoms with Crippen LogP contribution in [0.15, 0.2) is 0 Å². The molecule has 1 aliphatic heterocycles. The van der Waals surface area contributed by atoms with E-state index in [0.717, 1.165) is 0 Å². The maximum absolute atomic E-state index is 5.83. The number of hydrogen-bond donors (Lipinski definition) is 1. The molecular weight excluding hydrogens is 112 g/mol. The van der Waals surface area contributed by atoms with Gasteiger partial charge in [0, 0.05) is 12.1 Å². The molecule has 0 spiro atoms. The van der Waals surface area contributed by atoms with Crippen molar-refractivity contribution in [3.63, 3.8) is 0 Å². The number of piperidine rings is 1. The van der Waals surface area contributed by atoms with Crippen molar-refractivity contribution in [3.8, 4) is 0 Å². The Morgan fingerprint density at radius 3 is 2.67 bits per heavy atom. The summed E-state index contributed by atoms with van der Waals surface area (Å²) in [5.41, 5.74) is 5.83. The number of nitrogens with two attached hydrogens (primary N) is 1. The zero-order valence-corrected chi connectivity index (χ0v) is 6.30. The standard InChI is InChI=1S/C7H16N2/c1-6-7(8)4-3-5-9(6)2/h6-7H,3-5,8H2,1-2H3/t6-,7+/m0/s1. The lowest BCUT2D eigenvalue weighted by molar-refractivity contribution is 0.176. The quantitative estimate of drug-likeness (QED) is 0.512. The predicted molar refractivity (Wildman–Crippen MR) is 39.3 cm³/mol. The fourth-order valence-electron chi connectivity index (χ4n) is 1.35. The Bertz CT molecular complexity index is 82.9. The van der Waals surface area contributed by atoms with E-state index in [1.807, 2.05) is 0 Å². The molecular formula is C7H16N2. The van der Waals surface area contributed by atoms with Gasteiger partial charge in [-0.2, -0.15) is 0 Å². The number of rotatable bonds is 0. The molecule has 0 aliphatic carbocycles. The first-order valence-corrected chi connectivity index (χ1v) is 3.67. The van der Waals surface area contributed by atoms with Crippen LogP contribution < -0.4 is 5.73 Å². The van der Waals surface area contributed by atoms with E-state index in [1.165, 1.54) is 19.4 Å². The molecule has 0 radical (unpaired) electrons. The molecule has 54 valence electrons. The van der Waals surface area contributed by atoms with Crippen molar-refractivity contribution in [3.05, 3.63) is 0 Å². The summed E-state index contributed by atoms with van der Waals surface area (Å²) in [6.45, 7) is 3.42. The number of hydrogen-bond acceptors (Lipinski definition) is 2. The highest BCUT2D eigenvalue weighted by atomic mass is 15.1. The minimum Gasteiger partial charge on any atom is -0.326 e. The average molecular weight is 128 g/mol. The smallest absolute Gasteiger partial charge is 0.0215 e. The maximum Gasteiger partial charge on any atom is 0.0215 e. The van der Waals surface area contributed by atoms with Crippen LogP contribution in [0.1, 0.15) is 19.8 Å². The summed E-state index contributed by atoms with van der Waals surface area (Å²) in [6, 6.07) is 0.988. The van der Waals surface area contributed by atoms with E-state index < -0.39 is 0 Å². The Kier molecular flexibility index (Phi) is 2.09. The van der Waals surface area contributed by atoms with Gasteiger partial charge in [0.15, 0.2) is 0 Å². The first-order chi connectivity index (χ1) is 4.22. The first-order valence-electron chi connectivity index (χ1n) is 3.67. The second-order valence-corrected chi connectivity index (χ2v) is 3.03. The van der Waals surface area contributed by atoms with Gasteiger partial charge in [0.2, 0.25) is 0 Å². The summed E-state index contributed by atoms with van der Waals surface area (Å²) in [6.07, 6.45) is 2.47. The molecule has 1 fully saturated rings. The van der Waals surface area contributed by atoms with Crippen molar-refractivity contribution in [2.75, 3.05) is 13.6 Å². The Labute approximate surface area is 57.0 Å². The van der Waals surface area contributed by atoms with Crippen LogP contribution in [0.25, 0.3) is 0 Å². The largest absolute Gasteiger partial charge is 0.326 e. The molecule has 0 amide bonds. The lowest BCUT2D eigenvalue weighted by Gasteiger charge is -2.34. The molecule has 9 heavy (non-hydrogen) atoms. The van der Waals surface area contributed by atoms with Gasteiger partial charge < -0.3 is 10.6 Å². The van der Waals surface area contributed by atoms with Crippen LogP contribution >= 0.6 is 0 Å². The Balaban J connectivity index is 2.41. The van der Waals surface area contributed by atoms with Gasteiger partial charge in [0.05, 0.1) is 0 Å². The van der Waals surface area contributed by atoms with E-state index >= 15 is 0 Å². The van der Waals surface area contributed by atoms with Crippen LogP contribution in [-0.4, -0.2) is 30.6 Å². The van der Waals surface area contributed by atoms with Crippen LogP contribution in [0, 0.1) is 0 Å². The van der Waals surface area contributed by atoms with Crippen LogP contribution in [0.3, 0.4) is 0 Å². The fraction of sp³-hybridized carbons (Fsp3) is 1.00. The molecule has 2 heteroatoms. The highest BCUT2D eigenvalue weighted by Gasteiger charge is 2.21. The second-order valence-electron chi connectivity index (χ2n) is 3.03. The Hall–Kier alpha value is -0.0800. The predicted octanol–water partition coefficient (Wildman–Crippen LogP) is 0.428. The second kappa shape index (κ2) is 2.67. The Morgan fingerprint density at radius 2 is 2.22 bits per heavy atom. The zero-order chi connectivity index (χ0) is 6.85. The van der Waals surface area contributed by atoms with Gasteiger partial charge in [-0.3, -0.25) is 0 Å². The molecule has 0 bridgehead atoms. The minimum absolute atomic E-state index is 0.406. The van der Waals surface area contributed by atoms with Crippen LogP contribution in [0.2, 0.25) is 0 Å². The van der Waals surface area contributed by atoms with Crippen LogP contribution in [0.5, 0.6) is 0 Å². The summed E-state index contributed by atoms with van der Waals surface area (Å²) >= 11 is 0. The SMILES string of the molecule is C[C@H]1[C@H](N)CCCN1C. The molecule has 0 aromatic carbocycles. The van der Waals surface area contributed by atoms with Crippen LogP contribution in [-0.2, 0) is 0 Å². The lowest BCUT2D eigenvalue weighted by atomic mass is 9.99. The lowest BCUT2D eigenvalue weighted by Crippen LogP contribution is -2.48. The van der Waals surface area contributed by atoms with E-state index in [2.05, 4.69) is 18.9 Å². The summed E-state index contributed by atoms with van der Waals surface area (Å²) < 4.78 is 0. The third-order valence-corrected chi connectivity index (χ3v) is 2.36. The van der Waals surface area contributed by atoms with Gasteiger partial charge in [-0.15, -0.1) is 0 Å². The van der Waals surface area contributed by atoms with Crippen molar-refractivity contribution >= 4 is 0 Å². The first kappa shape index (κ1) is 7.03. The third-order valence-electron chi connectivity index (χ3n) is 2.36. The van der Waals surface area contributed by atoms with Crippen molar-refractivity contribution in [2.45, 2.75) is 31.8 Å². The molecule has 2 nitrogen and oxygen atoms in total. The van der Waals surface area contributed by atoms with E-state index in [0.29, 0.717) is 12.1 Å². The zero-order valence-electron chi connectivity index (χ0n) is 6.30. The van der Waals surface area contributed by atoms with Gasteiger partial charge in [0.1, 0.15) is 0 Å². The summed E-state index contributed by atoms with van der Waals surface area (Å²) in [5, 5.41) is 0. The molecule has 1 rings (SSSR count). The topological polar surface area (TPSA) is 29.3 Å². The van der Waals surface area contributed by atoms with Crippen LogP contribution in [0.4, 0.5) is 0 Å². The number of likely N-dealkylation sites (tertiary alicyclic amines) is 1. The molecule has 0 aromatic rings. The summed E-state index contributed by atoms with van der Waals surface area (Å²) in [4.78, 5) is 2.33. The normalized spacial score (nSPS) is 39.0. The summed E-state index contributed by atoms with van der Waals surface area (Å²) in [5.74, 6) is 0. The fourth-order valence-corrected chi connectivity index (χ4v) is 1.35. The molecule has 1 saturated heterocycles. The third kappa shape index (κ3) is 1.43. The molecule has 1 aliphatic rings. The van der Waals surface area contributed by atoms with Gasteiger partial charge >= 0.3 is 0 Å². The number of nitrogens with zero attached hydrogens (tertiary/aromatic N) is 1. The summed E-state index contributed by atoms with van der Waals surface area (Å²) in [7, 11) is 2.14. The van der Waals surface area contributed by atoms with Gasteiger partial charge in [-0.1, -0.05) is 0 Å². The van der Waals surface area contributed by atoms with Crippen molar-refractivity contribution in [2.24, 2.45) is 5.73 Å². The van der Waals surface area contributed by atoms with Crippen molar-refractivity contribution in [1.82, 2.24) is 4.90 Å². The van der Waals surface area contributed by atoms with Crippen molar-refractivity contribution in [1.29, 1.82) is 0 Å². The maximum atomic E-state index is 5.83. The minimum atomic E-state index is 0.406. The van der Waals surface area contributed by atoms with Gasteiger partial charge in [-0.05, 0) is 33.4 Å². The van der Waals surface area contributed by atoms with E-state index in [1.54, 1.807) is 0 Å². The highest BCUT2D eigenvalue weighted by molar-refractivity contribution is 4.81. The van der Waals surface area contributed by atoms with Gasteiger partial charge in [0.25, 0.3) is 0 Å². The monoisotopic (exact) mass is 128 g/mol.